The van der Waals surface area contributed by atoms with Crippen LogP contribution in [-0.4, -0.2) is 29.9 Å². The number of carbonyl (C=O) groups excluding carboxylic acids is 1. The molecule has 0 heterocycles. The molecular weight excluding hydrogens is 224 g/mol. The SMILES string of the molecule is CCN(C(=O)C(CN)CC(C)C)C1CCCCC1. The lowest BCUT2D eigenvalue weighted by molar-refractivity contribution is -0.138. The third-order valence-electron chi connectivity index (χ3n) is 4.03. The van der Waals surface area contributed by atoms with E-state index in [4.69, 9.17) is 5.73 Å². The number of nitrogens with zero attached hydrogens (tertiary/aromatic N) is 1. The van der Waals surface area contributed by atoms with Gasteiger partial charge in [0.05, 0.1) is 5.92 Å². The summed E-state index contributed by atoms with van der Waals surface area (Å²) in [6.07, 6.45) is 7.14. The van der Waals surface area contributed by atoms with E-state index in [9.17, 15) is 4.79 Å². The highest BCUT2D eigenvalue weighted by atomic mass is 16.2. The highest BCUT2D eigenvalue weighted by Crippen LogP contribution is 2.25. The molecule has 3 heteroatoms. The predicted molar refractivity (Wildman–Crippen MR) is 76.3 cm³/mol. The molecule has 1 atom stereocenters. The summed E-state index contributed by atoms with van der Waals surface area (Å²) in [7, 11) is 0. The summed E-state index contributed by atoms with van der Waals surface area (Å²) < 4.78 is 0. The fraction of sp³-hybridized carbons (Fsp3) is 0.933. The zero-order valence-corrected chi connectivity index (χ0v) is 12.3. The Kier molecular flexibility index (Phi) is 6.69. The average molecular weight is 254 g/mol. The molecule has 1 aliphatic carbocycles. The molecular formula is C15H30N2O. The summed E-state index contributed by atoms with van der Waals surface area (Å²) in [5.41, 5.74) is 5.80. The Labute approximate surface area is 112 Å². The third-order valence-corrected chi connectivity index (χ3v) is 4.03. The van der Waals surface area contributed by atoms with Gasteiger partial charge in [-0.15, -0.1) is 0 Å². The van der Waals surface area contributed by atoms with Crippen LogP contribution in [0.1, 0.15) is 59.3 Å². The number of amides is 1. The molecule has 0 aromatic rings. The molecule has 2 N–H and O–H groups in total. The topological polar surface area (TPSA) is 46.3 Å². The van der Waals surface area contributed by atoms with Crippen LogP contribution in [0.4, 0.5) is 0 Å². The van der Waals surface area contributed by atoms with Gasteiger partial charge in [0.2, 0.25) is 5.91 Å². The van der Waals surface area contributed by atoms with Crippen molar-refractivity contribution in [2.45, 2.75) is 65.3 Å². The molecule has 0 spiro atoms. The van der Waals surface area contributed by atoms with E-state index in [-0.39, 0.29) is 5.92 Å². The van der Waals surface area contributed by atoms with Crippen molar-refractivity contribution in [1.82, 2.24) is 4.90 Å². The van der Waals surface area contributed by atoms with Crippen LogP contribution in [0.25, 0.3) is 0 Å². The van der Waals surface area contributed by atoms with Gasteiger partial charge < -0.3 is 10.6 Å². The second-order valence-electron chi connectivity index (χ2n) is 5.98. The van der Waals surface area contributed by atoms with Gasteiger partial charge in [-0.3, -0.25) is 4.79 Å². The van der Waals surface area contributed by atoms with Crippen molar-refractivity contribution in [3.8, 4) is 0 Å². The molecule has 1 rings (SSSR count). The van der Waals surface area contributed by atoms with Gasteiger partial charge in [-0.05, 0) is 32.1 Å². The molecule has 0 bridgehead atoms. The minimum absolute atomic E-state index is 0.0203. The Morgan fingerprint density at radius 1 is 1.28 bits per heavy atom. The highest BCUT2D eigenvalue weighted by molar-refractivity contribution is 5.79. The standard InChI is InChI=1S/C15H30N2O/c1-4-17(14-8-6-5-7-9-14)15(18)13(11-16)10-12(2)3/h12-14H,4-11,16H2,1-3H3. The van der Waals surface area contributed by atoms with Crippen LogP contribution in [0.3, 0.4) is 0 Å². The van der Waals surface area contributed by atoms with Crippen molar-refractivity contribution in [1.29, 1.82) is 0 Å². The summed E-state index contributed by atoms with van der Waals surface area (Å²) in [5, 5.41) is 0. The monoisotopic (exact) mass is 254 g/mol. The Balaban J connectivity index is 2.63. The van der Waals surface area contributed by atoms with E-state index in [0.29, 0.717) is 24.4 Å². The molecule has 1 unspecified atom stereocenters. The molecule has 18 heavy (non-hydrogen) atoms. The first kappa shape index (κ1) is 15.5. The molecule has 1 saturated carbocycles. The van der Waals surface area contributed by atoms with Crippen molar-refractivity contribution in [2.24, 2.45) is 17.6 Å². The number of rotatable bonds is 6. The van der Waals surface area contributed by atoms with Gasteiger partial charge in [0.25, 0.3) is 0 Å². The van der Waals surface area contributed by atoms with Gasteiger partial charge in [-0.1, -0.05) is 33.1 Å². The van der Waals surface area contributed by atoms with E-state index in [2.05, 4.69) is 25.7 Å². The Morgan fingerprint density at radius 3 is 2.33 bits per heavy atom. The van der Waals surface area contributed by atoms with Gasteiger partial charge in [0.1, 0.15) is 0 Å². The van der Waals surface area contributed by atoms with Gasteiger partial charge in [0, 0.05) is 19.1 Å². The smallest absolute Gasteiger partial charge is 0.227 e. The lowest BCUT2D eigenvalue weighted by Gasteiger charge is -2.36. The van der Waals surface area contributed by atoms with E-state index < -0.39 is 0 Å². The first-order valence-corrected chi connectivity index (χ1v) is 7.60. The van der Waals surface area contributed by atoms with Crippen molar-refractivity contribution in [2.75, 3.05) is 13.1 Å². The highest BCUT2D eigenvalue weighted by Gasteiger charge is 2.29. The summed E-state index contributed by atoms with van der Waals surface area (Å²) in [6, 6.07) is 0.470. The van der Waals surface area contributed by atoms with Gasteiger partial charge in [-0.25, -0.2) is 0 Å². The summed E-state index contributed by atoms with van der Waals surface area (Å²) >= 11 is 0. The number of hydrogen-bond donors (Lipinski definition) is 1. The van der Waals surface area contributed by atoms with E-state index >= 15 is 0 Å². The lowest BCUT2D eigenvalue weighted by atomic mass is 9.91. The molecule has 1 aliphatic rings. The fourth-order valence-electron chi connectivity index (χ4n) is 3.09. The van der Waals surface area contributed by atoms with Crippen LogP contribution in [0.15, 0.2) is 0 Å². The normalized spacial score (nSPS) is 18.9. The largest absolute Gasteiger partial charge is 0.340 e. The molecule has 0 saturated heterocycles. The van der Waals surface area contributed by atoms with Crippen LogP contribution in [0.2, 0.25) is 0 Å². The molecule has 3 nitrogen and oxygen atoms in total. The zero-order chi connectivity index (χ0) is 13.5. The number of nitrogens with two attached hydrogens (primary N) is 1. The molecule has 0 aromatic heterocycles. The van der Waals surface area contributed by atoms with Crippen LogP contribution < -0.4 is 5.73 Å². The average Bonchev–Trinajstić information content (AvgIpc) is 2.37. The fourth-order valence-corrected chi connectivity index (χ4v) is 3.09. The second-order valence-corrected chi connectivity index (χ2v) is 5.98. The van der Waals surface area contributed by atoms with E-state index in [0.717, 1.165) is 13.0 Å². The van der Waals surface area contributed by atoms with Crippen molar-refractivity contribution >= 4 is 5.91 Å². The Hall–Kier alpha value is -0.570. The van der Waals surface area contributed by atoms with E-state index in [1.807, 2.05) is 0 Å². The minimum atomic E-state index is 0.0203. The van der Waals surface area contributed by atoms with Gasteiger partial charge in [0.15, 0.2) is 0 Å². The Bertz CT molecular complexity index is 247. The molecule has 1 amide bonds. The molecule has 106 valence electrons. The van der Waals surface area contributed by atoms with E-state index in [1.165, 1.54) is 32.1 Å². The molecule has 0 aliphatic heterocycles. The molecule has 0 aromatic carbocycles. The first-order chi connectivity index (χ1) is 8.60. The summed E-state index contributed by atoms with van der Waals surface area (Å²) in [5.74, 6) is 0.847. The quantitative estimate of drug-likeness (QED) is 0.792. The van der Waals surface area contributed by atoms with Crippen LogP contribution in [-0.2, 0) is 4.79 Å². The van der Waals surface area contributed by atoms with Crippen LogP contribution in [0.5, 0.6) is 0 Å². The second kappa shape index (κ2) is 7.78. The first-order valence-electron chi connectivity index (χ1n) is 7.60. The number of hydrogen-bond acceptors (Lipinski definition) is 2. The molecule has 0 radical (unpaired) electrons. The third kappa shape index (κ3) is 4.27. The molecule has 1 fully saturated rings. The predicted octanol–water partition coefficient (Wildman–Crippen LogP) is 2.79. The maximum absolute atomic E-state index is 12.6. The van der Waals surface area contributed by atoms with Crippen molar-refractivity contribution in [3.05, 3.63) is 0 Å². The van der Waals surface area contributed by atoms with E-state index in [1.54, 1.807) is 0 Å². The van der Waals surface area contributed by atoms with Crippen molar-refractivity contribution < 1.29 is 4.79 Å². The van der Waals surface area contributed by atoms with Gasteiger partial charge >= 0.3 is 0 Å². The van der Waals surface area contributed by atoms with Crippen LogP contribution in [0, 0.1) is 11.8 Å². The van der Waals surface area contributed by atoms with Crippen LogP contribution >= 0.6 is 0 Å². The minimum Gasteiger partial charge on any atom is -0.340 e. The number of carbonyl (C=O) groups is 1. The zero-order valence-electron chi connectivity index (χ0n) is 12.3. The lowest BCUT2D eigenvalue weighted by Crippen LogP contribution is -2.46. The summed E-state index contributed by atoms with van der Waals surface area (Å²) in [6.45, 7) is 7.73. The van der Waals surface area contributed by atoms with Crippen molar-refractivity contribution in [3.63, 3.8) is 0 Å². The maximum atomic E-state index is 12.6. The summed E-state index contributed by atoms with van der Waals surface area (Å²) in [4.78, 5) is 14.7. The van der Waals surface area contributed by atoms with Gasteiger partial charge in [-0.2, -0.15) is 0 Å². The Morgan fingerprint density at radius 2 is 1.89 bits per heavy atom. The maximum Gasteiger partial charge on any atom is 0.227 e.